The summed E-state index contributed by atoms with van der Waals surface area (Å²) in [6.07, 6.45) is -8.06. The van der Waals surface area contributed by atoms with Gasteiger partial charge < -0.3 is 14.6 Å². The lowest BCUT2D eigenvalue weighted by atomic mass is 10.0. The second-order valence-electron chi connectivity index (χ2n) is 7.01. The standard InChI is InChI=1S/C24H19BrF6O4/c1-2-34-21(14-22(32)33)16-7-8-20(19(25)12-16)35-9-5-3-4-6-15-10-17(23(26,27)28)13-18(11-15)24(29,30)31/h3,5,7-8,10-13,21H,2,9,14H2,1H3,(H,32,33)/b5-3-/t21-/m0/s1. The smallest absolute Gasteiger partial charge is 0.416 e. The van der Waals surface area contributed by atoms with Crippen molar-refractivity contribution in [1.29, 1.82) is 0 Å². The van der Waals surface area contributed by atoms with E-state index in [9.17, 15) is 31.1 Å². The van der Waals surface area contributed by atoms with Crippen LogP contribution in [0.15, 0.2) is 53.0 Å². The molecule has 2 rings (SSSR count). The van der Waals surface area contributed by atoms with Gasteiger partial charge in [-0.1, -0.05) is 17.9 Å². The molecule has 11 heteroatoms. The molecule has 0 amide bonds. The van der Waals surface area contributed by atoms with Crippen molar-refractivity contribution < 1.29 is 45.7 Å². The summed E-state index contributed by atoms with van der Waals surface area (Å²) in [4.78, 5) is 11.0. The third kappa shape index (κ3) is 8.96. The summed E-state index contributed by atoms with van der Waals surface area (Å²) in [5.74, 6) is 4.06. The van der Waals surface area contributed by atoms with Gasteiger partial charge in [0.05, 0.1) is 28.1 Å². The number of alkyl halides is 6. The van der Waals surface area contributed by atoms with Crippen molar-refractivity contribution in [3.05, 3.63) is 75.3 Å². The maximum atomic E-state index is 12.9. The molecule has 1 N–H and O–H groups in total. The first-order valence-electron chi connectivity index (χ1n) is 10.0. The molecule has 0 aromatic heterocycles. The van der Waals surface area contributed by atoms with E-state index in [1.54, 1.807) is 25.1 Å². The number of hydrogen-bond donors (Lipinski definition) is 1. The Morgan fingerprint density at radius 2 is 1.71 bits per heavy atom. The Bertz CT molecular complexity index is 1100. The number of carbonyl (C=O) groups is 1. The summed E-state index contributed by atoms with van der Waals surface area (Å²) in [5, 5.41) is 9.02. The van der Waals surface area contributed by atoms with Gasteiger partial charge in [-0.15, -0.1) is 0 Å². The molecule has 0 saturated heterocycles. The molecular formula is C24H19BrF6O4. The molecule has 0 radical (unpaired) electrons. The number of benzene rings is 2. The number of aliphatic carboxylic acids is 1. The van der Waals surface area contributed by atoms with Crippen LogP contribution >= 0.6 is 15.9 Å². The Kier molecular flexibility index (Phi) is 9.80. The second-order valence-corrected chi connectivity index (χ2v) is 7.86. The number of carboxylic acid groups (broad SMARTS) is 1. The lowest BCUT2D eigenvalue weighted by Gasteiger charge is -2.16. The fourth-order valence-corrected chi connectivity index (χ4v) is 3.38. The molecule has 0 aliphatic heterocycles. The van der Waals surface area contributed by atoms with E-state index < -0.39 is 41.1 Å². The molecule has 0 aliphatic carbocycles. The lowest BCUT2D eigenvalue weighted by Crippen LogP contribution is -2.11. The highest BCUT2D eigenvalue weighted by molar-refractivity contribution is 9.10. The Labute approximate surface area is 205 Å². The molecule has 188 valence electrons. The Balaban J connectivity index is 2.07. The molecular weight excluding hydrogens is 546 g/mol. The first-order chi connectivity index (χ1) is 16.3. The van der Waals surface area contributed by atoms with Crippen LogP contribution in [-0.4, -0.2) is 24.3 Å². The molecule has 0 bridgehead atoms. The van der Waals surface area contributed by atoms with Crippen molar-refractivity contribution in [1.82, 2.24) is 0 Å². The Hall–Kier alpha value is -2.97. The molecule has 2 aromatic carbocycles. The highest BCUT2D eigenvalue weighted by atomic mass is 79.9. The fourth-order valence-electron chi connectivity index (χ4n) is 2.86. The van der Waals surface area contributed by atoms with Crippen molar-refractivity contribution in [3.63, 3.8) is 0 Å². The van der Waals surface area contributed by atoms with Crippen LogP contribution in [0.1, 0.15) is 41.7 Å². The van der Waals surface area contributed by atoms with Crippen LogP contribution in [0.2, 0.25) is 0 Å². The zero-order valence-corrected chi connectivity index (χ0v) is 19.7. The van der Waals surface area contributed by atoms with Crippen LogP contribution < -0.4 is 4.74 Å². The Morgan fingerprint density at radius 1 is 1.09 bits per heavy atom. The van der Waals surface area contributed by atoms with Gasteiger partial charge in [0.1, 0.15) is 12.4 Å². The van der Waals surface area contributed by atoms with Crippen LogP contribution in [-0.2, 0) is 21.9 Å². The van der Waals surface area contributed by atoms with Gasteiger partial charge in [-0.25, -0.2) is 0 Å². The van der Waals surface area contributed by atoms with Gasteiger partial charge >= 0.3 is 18.3 Å². The molecule has 35 heavy (non-hydrogen) atoms. The van der Waals surface area contributed by atoms with E-state index in [1.807, 2.05) is 0 Å². The molecule has 1 atom stereocenters. The minimum absolute atomic E-state index is 0.00698. The summed E-state index contributed by atoms with van der Waals surface area (Å²) < 4.78 is 88.9. The predicted octanol–water partition coefficient (Wildman–Crippen LogP) is 7.03. The van der Waals surface area contributed by atoms with Crippen molar-refractivity contribution in [2.75, 3.05) is 13.2 Å². The molecule has 0 heterocycles. The van der Waals surface area contributed by atoms with Crippen LogP contribution in [0, 0.1) is 11.8 Å². The van der Waals surface area contributed by atoms with E-state index in [0.29, 0.717) is 34.5 Å². The molecule has 0 aliphatic rings. The summed E-state index contributed by atoms with van der Waals surface area (Å²) in [5.41, 5.74) is -2.67. The maximum Gasteiger partial charge on any atom is 0.416 e. The molecule has 0 saturated carbocycles. The molecule has 2 aromatic rings. The zero-order valence-electron chi connectivity index (χ0n) is 18.1. The average Bonchev–Trinajstić information content (AvgIpc) is 2.75. The van der Waals surface area contributed by atoms with E-state index in [0.717, 1.165) is 0 Å². The summed E-state index contributed by atoms with van der Waals surface area (Å²) in [7, 11) is 0. The van der Waals surface area contributed by atoms with E-state index in [1.165, 1.54) is 12.2 Å². The van der Waals surface area contributed by atoms with Gasteiger partial charge in [0, 0.05) is 12.2 Å². The van der Waals surface area contributed by atoms with E-state index in [2.05, 4.69) is 27.8 Å². The Morgan fingerprint density at radius 3 is 2.23 bits per heavy atom. The minimum atomic E-state index is -4.94. The van der Waals surface area contributed by atoms with Gasteiger partial charge in [-0.05, 0) is 70.9 Å². The zero-order chi connectivity index (χ0) is 26.2. The largest absolute Gasteiger partial charge is 0.488 e. The lowest BCUT2D eigenvalue weighted by molar-refractivity contribution is -0.143. The highest BCUT2D eigenvalue weighted by Gasteiger charge is 2.36. The van der Waals surface area contributed by atoms with Gasteiger partial charge in [-0.3, -0.25) is 4.79 Å². The second kappa shape index (κ2) is 12.1. The number of carboxylic acids is 1. The predicted molar refractivity (Wildman–Crippen MR) is 119 cm³/mol. The van der Waals surface area contributed by atoms with E-state index in [-0.39, 0.29) is 19.1 Å². The maximum absolute atomic E-state index is 12.9. The summed E-state index contributed by atoms with van der Waals surface area (Å²) in [6, 6.07) is 6.05. The molecule has 0 unspecified atom stereocenters. The van der Waals surface area contributed by atoms with Gasteiger partial charge in [0.25, 0.3) is 0 Å². The van der Waals surface area contributed by atoms with Gasteiger partial charge in [0.2, 0.25) is 0 Å². The van der Waals surface area contributed by atoms with Gasteiger partial charge in [-0.2, -0.15) is 26.3 Å². The van der Waals surface area contributed by atoms with Gasteiger partial charge in [0.15, 0.2) is 0 Å². The topological polar surface area (TPSA) is 55.8 Å². The molecule has 0 fully saturated rings. The first kappa shape index (κ1) is 28.3. The normalized spacial score (nSPS) is 12.8. The SMILES string of the molecule is CCO[C@@H](CC(=O)O)c1ccc(OC/C=C\C#Cc2cc(C(F)(F)F)cc(C(F)(F)F)c2)c(Br)c1. The highest BCUT2D eigenvalue weighted by Crippen LogP contribution is 2.36. The van der Waals surface area contributed by atoms with Crippen LogP contribution in [0.4, 0.5) is 26.3 Å². The van der Waals surface area contributed by atoms with Crippen molar-refractivity contribution in [2.45, 2.75) is 31.8 Å². The number of halogens is 7. The third-order valence-corrected chi connectivity index (χ3v) is 5.02. The number of allylic oxidation sites excluding steroid dienone is 1. The summed E-state index contributed by atoms with van der Waals surface area (Å²) >= 11 is 3.33. The average molecular weight is 565 g/mol. The van der Waals surface area contributed by atoms with Crippen LogP contribution in [0.3, 0.4) is 0 Å². The van der Waals surface area contributed by atoms with E-state index >= 15 is 0 Å². The monoisotopic (exact) mass is 564 g/mol. The number of hydrogen-bond acceptors (Lipinski definition) is 3. The third-order valence-electron chi connectivity index (χ3n) is 4.40. The quantitative estimate of drug-likeness (QED) is 0.276. The molecule has 0 spiro atoms. The number of ether oxygens (including phenoxy) is 2. The van der Waals surface area contributed by atoms with Crippen molar-refractivity contribution in [3.8, 4) is 17.6 Å². The van der Waals surface area contributed by atoms with E-state index in [4.69, 9.17) is 14.6 Å². The van der Waals surface area contributed by atoms with Crippen LogP contribution in [0.25, 0.3) is 0 Å². The molecule has 4 nitrogen and oxygen atoms in total. The minimum Gasteiger partial charge on any atom is -0.488 e. The number of rotatable bonds is 8. The van der Waals surface area contributed by atoms with Crippen molar-refractivity contribution >= 4 is 21.9 Å². The van der Waals surface area contributed by atoms with Crippen molar-refractivity contribution in [2.24, 2.45) is 0 Å². The first-order valence-corrected chi connectivity index (χ1v) is 10.8. The van der Waals surface area contributed by atoms with Crippen LogP contribution in [0.5, 0.6) is 5.75 Å². The summed E-state index contributed by atoms with van der Waals surface area (Å²) in [6.45, 7) is 2.09. The fraction of sp³-hybridized carbons (Fsp3) is 0.292.